The van der Waals surface area contributed by atoms with Gasteiger partial charge in [-0.25, -0.2) is 4.98 Å². The van der Waals surface area contributed by atoms with E-state index in [2.05, 4.69) is 16.5 Å². The van der Waals surface area contributed by atoms with Gasteiger partial charge in [-0.2, -0.15) is 0 Å². The van der Waals surface area contributed by atoms with E-state index in [1.54, 1.807) is 0 Å². The molecular weight excluding hydrogens is 212 g/mol. The second-order valence-corrected chi connectivity index (χ2v) is 4.91. The molecule has 0 atom stereocenters. The lowest BCUT2D eigenvalue weighted by atomic mass is 9.98. The first kappa shape index (κ1) is 10.7. The number of fused-ring (bicyclic) bond motifs is 1. The van der Waals surface area contributed by atoms with E-state index < -0.39 is 0 Å². The zero-order valence-corrected chi connectivity index (χ0v) is 10.2. The molecule has 0 aliphatic heterocycles. The van der Waals surface area contributed by atoms with Crippen LogP contribution in [0.15, 0.2) is 18.5 Å². The van der Waals surface area contributed by atoms with Crippen molar-refractivity contribution in [3.05, 3.63) is 24.3 Å². The van der Waals surface area contributed by atoms with Crippen LogP contribution in [0.4, 0.5) is 0 Å². The summed E-state index contributed by atoms with van der Waals surface area (Å²) in [6, 6.07) is 2.02. The third kappa shape index (κ3) is 1.55. The van der Waals surface area contributed by atoms with Crippen LogP contribution in [0, 0.1) is 0 Å². The van der Waals surface area contributed by atoms with Crippen LogP contribution in [0.3, 0.4) is 0 Å². The van der Waals surface area contributed by atoms with Gasteiger partial charge in [-0.05, 0) is 25.8 Å². The van der Waals surface area contributed by atoms with Gasteiger partial charge in [-0.15, -0.1) is 0 Å². The average molecular weight is 230 g/mol. The third-order valence-corrected chi connectivity index (χ3v) is 3.81. The SMILES string of the molecule is CCn1c(C2(N)CCCC2)nc2cnccc21. The molecule has 1 aliphatic carbocycles. The Kier molecular flexibility index (Phi) is 2.40. The monoisotopic (exact) mass is 230 g/mol. The van der Waals surface area contributed by atoms with Gasteiger partial charge in [0.25, 0.3) is 0 Å². The van der Waals surface area contributed by atoms with Crippen LogP contribution < -0.4 is 5.73 Å². The van der Waals surface area contributed by atoms with Crippen molar-refractivity contribution < 1.29 is 0 Å². The highest BCUT2D eigenvalue weighted by Gasteiger charge is 2.35. The number of aryl methyl sites for hydroxylation is 1. The van der Waals surface area contributed by atoms with Crippen molar-refractivity contribution in [3.8, 4) is 0 Å². The lowest BCUT2D eigenvalue weighted by molar-refractivity contribution is 0.413. The van der Waals surface area contributed by atoms with E-state index in [0.29, 0.717) is 0 Å². The van der Waals surface area contributed by atoms with Gasteiger partial charge in [0, 0.05) is 12.7 Å². The summed E-state index contributed by atoms with van der Waals surface area (Å²) in [7, 11) is 0. The predicted molar refractivity (Wildman–Crippen MR) is 67.5 cm³/mol. The van der Waals surface area contributed by atoms with E-state index in [4.69, 9.17) is 10.7 Å². The maximum Gasteiger partial charge on any atom is 0.130 e. The number of rotatable bonds is 2. The van der Waals surface area contributed by atoms with Crippen LogP contribution in [-0.2, 0) is 12.1 Å². The Morgan fingerprint density at radius 1 is 1.41 bits per heavy atom. The zero-order valence-electron chi connectivity index (χ0n) is 10.2. The summed E-state index contributed by atoms with van der Waals surface area (Å²) in [5.74, 6) is 1.04. The molecule has 0 aromatic carbocycles. The summed E-state index contributed by atoms with van der Waals surface area (Å²) in [6.07, 6.45) is 8.15. The highest BCUT2D eigenvalue weighted by Crippen LogP contribution is 2.36. The Hall–Kier alpha value is -1.42. The van der Waals surface area contributed by atoms with Crippen molar-refractivity contribution in [3.63, 3.8) is 0 Å². The smallest absolute Gasteiger partial charge is 0.130 e. The number of aromatic nitrogens is 3. The summed E-state index contributed by atoms with van der Waals surface area (Å²) in [5, 5.41) is 0. The molecular formula is C13H18N4. The van der Waals surface area contributed by atoms with Gasteiger partial charge in [0.15, 0.2) is 0 Å². The standard InChI is InChI=1S/C13H18N4/c1-2-17-11-5-8-15-9-10(11)16-12(17)13(14)6-3-4-7-13/h5,8-9H,2-4,6-7,14H2,1H3. The van der Waals surface area contributed by atoms with Gasteiger partial charge < -0.3 is 10.3 Å². The number of nitrogens with zero attached hydrogens (tertiary/aromatic N) is 3. The Morgan fingerprint density at radius 3 is 2.88 bits per heavy atom. The normalized spacial score (nSPS) is 18.9. The summed E-state index contributed by atoms with van der Waals surface area (Å²) in [6.45, 7) is 3.05. The number of hydrogen-bond donors (Lipinski definition) is 1. The molecule has 0 bridgehead atoms. The van der Waals surface area contributed by atoms with E-state index in [-0.39, 0.29) is 5.54 Å². The zero-order chi connectivity index (χ0) is 11.9. The second-order valence-electron chi connectivity index (χ2n) is 4.91. The minimum atomic E-state index is -0.227. The predicted octanol–water partition coefficient (Wildman–Crippen LogP) is 2.18. The maximum atomic E-state index is 6.52. The van der Waals surface area contributed by atoms with E-state index in [9.17, 15) is 0 Å². The molecule has 0 amide bonds. The Labute approximate surface area is 101 Å². The molecule has 2 aromatic heterocycles. The van der Waals surface area contributed by atoms with Crippen molar-refractivity contribution >= 4 is 11.0 Å². The average Bonchev–Trinajstić information content (AvgIpc) is 2.93. The molecule has 90 valence electrons. The largest absolute Gasteiger partial charge is 0.327 e. The van der Waals surface area contributed by atoms with Crippen LogP contribution in [0.5, 0.6) is 0 Å². The summed E-state index contributed by atoms with van der Waals surface area (Å²) >= 11 is 0. The van der Waals surface area contributed by atoms with Crippen molar-refractivity contribution in [1.29, 1.82) is 0 Å². The molecule has 4 heteroatoms. The molecule has 1 saturated carbocycles. The molecule has 17 heavy (non-hydrogen) atoms. The lowest BCUT2D eigenvalue weighted by Crippen LogP contribution is -2.36. The highest BCUT2D eigenvalue weighted by atomic mass is 15.1. The van der Waals surface area contributed by atoms with Crippen molar-refractivity contribution in [2.75, 3.05) is 0 Å². The fraction of sp³-hybridized carbons (Fsp3) is 0.538. The summed E-state index contributed by atoms with van der Waals surface area (Å²) in [4.78, 5) is 8.85. The van der Waals surface area contributed by atoms with Gasteiger partial charge >= 0.3 is 0 Å². The number of imidazole rings is 1. The van der Waals surface area contributed by atoms with E-state index in [1.165, 1.54) is 12.8 Å². The molecule has 0 unspecified atom stereocenters. The van der Waals surface area contributed by atoms with E-state index in [1.807, 2.05) is 18.5 Å². The van der Waals surface area contributed by atoms with Crippen LogP contribution in [0.2, 0.25) is 0 Å². The molecule has 1 aliphatic rings. The quantitative estimate of drug-likeness (QED) is 0.860. The minimum Gasteiger partial charge on any atom is -0.327 e. The lowest BCUT2D eigenvalue weighted by Gasteiger charge is -2.23. The summed E-state index contributed by atoms with van der Waals surface area (Å²) in [5.41, 5.74) is 8.40. The van der Waals surface area contributed by atoms with Gasteiger partial charge in [0.05, 0.1) is 17.3 Å². The topological polar surface area (TPSA) is 56.7 Å². The minimum absolute atomic E-state index is 0.227. The second kappa shape index (κ2) is 3.81. The van der Waals surface area contributed by atoms with Gasteiger partial charge in [-0.1, -0.05) is 12.8 Å². The Balaban J connectivity index is 2.21. The number of hydrogen-bond acceptors (Lipinski definition) is 3. The first-order valence-corrected chi connectivity index (χ1v) is 6.34. The van der Waals surface area contributed by atoms with E-state index >= 15 is 0 Å². The van der Waals surface area contributed by atoms with Gasteiger partial charge in [-0.3, -0.25) is 4.98 Å². The van der Waals surface area contributed by atoms with Gasteiger partial charge in [0.2, 0.25) is 0 Å². The fourth-order valence-electron chi connectivity index (χ4n) is 2.91. The molecule has 3 rings (SSSR count). The molecule has 0 saturated heterocycles. The van der Waals surface area contributed by atoms with E-state index in [0.717, 1.165) is 36.2 Å². The van der Waals surface area contributed by atoms with Crippen molar-refractivity contribution in [2.24, 2.45) is 5.73 Å². The Morgan fingerprint density at radius 2 is 2.18 bits per heavy atom. The molecule has 1 fully saturated rings. The van der Waals surface area contributed by atoms with Crippen molar-refractivity contribution in [2.45, 2.75) is 44.7 Å². The first-order valence-electron chi connectivity index (χ1n) is 6.34. The molecule has 4 nitrogen and oxygen atoms in total. The molecule has 2 heterocycles. The first-order chi connectivity index (χ1) is 8.24. The van der Waals surface area contributed by atoms with Crippen LogP contribution in [0.25, 0.3) is 11.0 Å². The molecule has 0 spiro atoms. The summed E-state index contributed by atoms with van der Waals surface area (Å²) < 4.78 is 2.24. The third-order valence-electron chi connectivity index (χ3n) is 3.81. The number of nitrogens with two attached hydrogens (primary N) is 1. The van der Waals surface area contributed by atoms with Crippen LogP contribution in [-0.4, -0.2) is 14.5 Å². The van der Waals surface area contributed by atoms with Crippen molar-refractivity contribution in [1.82, 2.24) is 14.5 Å². The molecule has 0 radical (unpaired) electrons. The maximum absolute atomic E-state index is 6.52. The van der Waals surface area contributed by atoms with Gasteiger partial charge in [0.1, 0.15) is 11.3 Å². The molecule has 2 N–H and O–H groups in total. The highest BCUT2D eigenvalue weighted by molar-refractivity contribution is 5.75. The van der Waals surface area contributed by atoms with Crippen LogP contribution in [0.1, 0.15) is 38.4 Å². The molecule has 2 aromatic rings. The fourth-order valence-corrected chi connectivity index (χ4v) is 2.91. The van der Waals surface area contributed by atoms with Crippen LogP contribution >= 0.6 is 0 Å². The Bertz CT molecular complexity index is 537. The number of pyridine rings is 1.